The van der Waals surface area contributed by atoms with Crippen molar-refractivity contribution in [2.24, 2.45) is 0 Å². The highest BCUT2D eigenvalue weighted by Crippen LogP contribution is 2.26. The Kier molecular flexibility index (Phi) is 9.93. The molecule has 2 N–H and O–H groups in total. The molecule has 0 saturated carbocycles. The van der Waals surface area contributed by atoms with Crippen LogP contribution in [0.2, 0.25) is 0 Å². The number of aromatic nitrogens is 4. The van der Waals surface area contributed by atoms with Crippen LogP contribution in [0, 0.1) is 6.92 Å². The van der Waals surface area contributed by atoms with Crippen LogP contribution in [-0.4, -0.2) is 34.1 Å². The normalized spacial score (nSPS) is 12.3. The quantitative estimate of drug-likeness (QED) is 0.216. The van der Waals surface area contributed by atoms with Gasteiger partial charge in [0, 0.05) is 24.5 Å². The lowest BCUT2D eigenvalue weighted by Gasteiger charge is -2.17. The lowest BCUT2D eigenvalue weighted by molar-refractivity contribution is -0.115. The number of anilines is 2. The first-order chi connectivity index (χ1) is 17.2. The molecule has 36 heavy (non-hydrogen) atoms. The number of benzene rings is 1. The molecule has 0 aliphatic rings. The van der Waals surface area contributed by atoms with Crippen molar-refractivity contribution in [2.45, 2.75) is 65.7 Å². The number of carbonyl (C=O) groups is 1. The predicted molar refractivity (Wildman–Crippen MR) is 152 cm³/mol. The fourth-order valence-electron chi connectivity index (χ4n) is 3.80. The third kappa shape index (κ3) is 8.41. The molecule has 0 radical (unpaired) electrons. The summed E-state index contributed by atoms with van der Waals surface area (Å²) in [5.74, 6) is 0.575. The summed E-state index contributed by atoms with van der Waals surface area (Å²) in [6.45, 7) is 12.3. The maximum absolute atomic E-state index is 12.0. The molecule has 7 nitrogen and oxygen atoms in total. The van der Waals surface area contributed by atoms with Gasteiger partial charge in [0.1, 0.15) is 12.9 Å². The third-order valence-corrected chi connectivity index (χ3v) is 6.89. The molecule has 3 aromatic rings. The molecule has 0 fully saturated rings. The van der Waals surface area contributed by atoms with Crippen LogP contribution in [0.3, 0.4) is 0 Å². The maximum Gasteiger partial charge on any atom is 0.229 e. The Bertz CT molecular complexity index is 1200. The molecule has 0 aliphatic heterocycles. The van der Waals surface area contributed by atoms with E-state index >= 15 is 0 Å². The van der Waals surface area contributed by atoms with Crippen molar-refractivity contribution in [3.8, 4) is 0 Å². The van der Waals surface area contributed by atoms with E-state index in [2.05, 4.69) is 77.5 Å². The molecule has 1 unspecified atom stereocenters. The number of unbranched alkanes of at least 4 members (excludes halogenated alkanes) is 1. The summed E-state index contributed by atoms with van der Waals surface area (Å²) in [4.78, 5) is 12.0. The van der Waals surface area contributed by atoms with E-state index in [0.29, 0.717) is 12.2 Å². The molecule has 1 aromatic carbocycles. The summed E-state index contributed by atoms with van der Waals surface area (Å²) in [6.07, 6.45) is 5.94. The van der Waals surface area contributed by atoms with Gasteiger partial charge in [-0.2, -0.15) is 5.10 Å². The van der Waals surface area contributed by atoms with Crippen LogP contribution in [0.4, 0.5) is 10.9 Å². The number of carbonyl (C=O) groups excluding carboxylic acids is 1. The van der Waals surface area contributed by atoms with Crippen LogP contribution in [-0.2, 0) is 17.6 Å². The second-order valence-corrected chi connectivity index (χ2v) is 10.3. The Morgan fingerprint density at radius 2 is 1.89 bits per heavy atom. The molecule has 0 saturated heterocycles. The minimum Gasteiger partial charge on any atom is -0.334 e. The summed E-state index contributed by atoms with van der Waals surface area (Å²) in [5, 5.41) is 24.9. The predicted octanol–water partition coefficient (Wildman–Crippen LogP) is 4.48. The van der Waals surface area contributed by atoms with Gasteiger partial charge in [-0.1, -0.05) is 65.7 Å². The van der Waals surface area contributed by atoms with E-state index < -0.39 is 0 Å². The topological polar surface area (TPSA) is 92.7 Å². The fourth-order valence-corrected chi connectivity index (χ4v) is 4.61. The average molecular weight is 502 g/mol. The van der Waals surface area contributed by atoms with Crippen LogP contribution in [0.25, 0.3) is 0 Å². The van der Waals surface area contributed by atoms with Crippen molar-refractivity contribution in [3.63, 3.8) is 0 Å². The lowest BCUT2D eigenvalue weighted by Crippen LogP contribution is -2.13. The van der Waals surface area contributed by atoms with Crippen molar-refractivity contribution >= 4 is 41.5 Å². The number of allylic oxidation sites excluding steroid dienone is 2. The SMILES string of the molecule is Bc1cc(C)cc(C(C)C(=C)Nc2nnc(CCCCc3ccc(NC(=O)C/C(C)=C/C)nn3)s2)c1. The average Bonchev–Trinajstić information content (AvgIpc) is 3.28. The minimum absolute atomic E-state index is 0.0816. The van der Waals surface area contributed by atoms with Gasteiger partial charge in [-0.25, -0.2) is 0 Å². The highest BCUT2D eigenvalue weighted by molar-refractivity contribution is 7.15. The molecule has 3 rings (SSSR count). The zero-order chi connectivity index (χ0) is 26.1. The van der Waals surface area contributed by atoms with Gasteiger partial charge in [-0.3, -0.25) is 4.79 Å². The third-order valence-electron chi connectivity index (χ3n) is 5.99. The molecule has 1 atom stereocenters. The smallest absolute Gasteiger partial charge is 0.229 e. The molecular formula is C27H35BN6OS. The van der Waals surface area contributed by atoms with E-state index in [1.54, 1.807) is 17.4 Å². The van der Waals surface area contributed by atoms with E-state index in [4.69, 9.17) is 0 Å². The lowest BCUT2D eigenvalue weighted by atomic mass is 9.88. The number of nitrogens with zero attached hydrogens (tertiary/aromatic N) is 4. The Hall–Kier alpha value is -3.33. The molecule has 0 bridgehead atoms. The van der Waals surface area contributed by atoms with Crippen LogP contribution < -0.4 is 16.1 Å². The summed E-state index contributed by atoms with van der Waals surface area (Å²) in [6, 6.07) is 10.3. The van der Waals surface area contributed by atoms with Gasteiger partial charge >= 0.3 is 0 Å². The van der Waals surface area contributed by atoms with Gasteiger partial charge in [0.2, 0.25) is 11.0 Å². The van der Waals surface area contributed by atoms with Gasteiger partial charge in [-0.05, 0) is 57.7 Å². The van der Waals surface area contributed by atoms with Crippen molar-refractivity contribution in [1.82, 2.24) is 20.4 Å². The van der Waals surface area contributed by atoms with Gasteiger partial charge in [-0.15, -0.1) is 15.3 Å². The van der Waals surface area contributed by atoms with Crippen molar-refractivity contribution in [1.29, 1.82) is 0 Å². The number of rotatable bonds is 12. The number of nitrogens with one attached hydrogen (secondary N) is 2. The second-order valence-electron chi connectivity index (χ2n) is 9.27. The zero-order valence-corrected chi connectivity index (χ0v) is 22.7. The van der Waals surface area contributed by atoms with Crippen molar-refractivity contribution in [2.75, 3.05) is 10.6 Å². The van der Waals surface area contributed by atoms with Crippen LogP contribution >= 0.6 is 11.3 Å². The maximum atomic E-state index is 12.0. The van der Waals surface area contributed by atoms with E-state index in [-0.39, 0.29) is 11.8 Å². The largest absolute Gasteiger partial charge is 0.334 e. The number of aryl methyl sites for hydroxylation is 3. The Balaban J connectivity index is 1.41. The molecule has 2 aromatic heterocycles. The van der Waals surface area contributed by atoms with Gasteiger partial charge in [0.25, 0.3) is 0 Å². The molecule has 188 valence electrons. The van der Waals surface area contributed by atoms with Crippen molar-refractivity contribution < 1.29 is 4.79 Å². The first-order valence-electron chi connectivity index (χ1n) is 12.3. The van der Waals surface area contributed by atoms with E-state index in [1.165, 1.54) is 16.6 Å². The summed E-state index contributed by atoms with van der Waals surface area (Å²) in [7, 11) is 2.12. The Morgan fingerprint density at radius 3 is 2.58 bits per heavy atom. The molecule has 9 heteroatoms. The first kappa shape index (κ1) is 27.3. The summed E-state index contributed by atoms with van der Waals surface area (Å²) in [5.41, 5.74) is 6.61. The van der Waals surface area contributed by atoms with Crippen LogP contribution in [0.15, 0.2) is 54.3 Å². The zero-order valence-electron chi connectivity index (χ0n) is 21.9. The Morgan fingerprint density at radius 1 is 1.11 bits per heavy atom. The highest BCUT2D eigenvalue weighted by Gasteiger charge is 2.13. The molecule has 2 heterocycles. The molecular weight excluding hydrogens is 467 g/mol. The second kappa shape index (κ2) is 13.1. The van der Waals surface area contributed by atoms with E-state index in [1.807, 2.05) is 26.0 Å². The van der Waals surface area contributed by atoms with E-state index in [0.717, 1.165) is 52.8 Å². The number of amides is 1. The molecule has 0 spiro atoms. The van der Waals surface area contributed by atoms with E-state index in [9.17, 15) is 4.79 Å². The first-order valence-corrected chi connectivity index (χ1v) is 13.2. The molecule has 0 aliphatic carbocycles. The molecule has 1 amide bonds. The van der Waals surface area contributed by atoms with Gasteiger partial charge in [0.15, 0.2) is 5.82 Å². The van der Waals surface area contributed by atoms with Crippen LogP contribution in [0.1, 0.15) is 67.8 Å². The minimum atomic E-state index is -0.0816. The number of hydrogen-bond acceptors (Lipinski definition) is 7. The van der Waals surface area contributed by atoms with Crippen LogP contribution in [0.5, 0.6) is 0 Å². The standard InChI is InChI=1S/C27H35BN6OS/c1-6-17(2)15-25(35)30-24-12-11-23(31-32-24)9-7-8-10-26-33-34-27(36-26)29-20(5)19(4)21-13-18(3)14-22(28)16-21/h6,11-14,16,19H,5,7-10,15,28H2,1-4H3,(H,29,34)(H,30,32,35)/b17-6+. The highest BCUT2D eigenvalue weighted by atomic mass is 32.1. The monoisotopic (exact) mass is 502 g/mol. The van der Waals surface area contributed by atoms with Gasteiger partial charge in [0.05, 0.1) is 5.69 Å². The van der Waals surface area contributed by atoms with Crippen molar-refractivity contribution in [3.05, 3.63) is 76.1 Å². The Labute approximate surface area is 219 Å². The summed E-state index contributed by atoms with van der Waals surface area (Å²) >= 11 is 1.57. The fraction of sp³-hybridized carbons (Fsp3) is 0.370. The van der Waals surface area contributed by atoms with Gasteiger partial charge < -0.3 is 10.6 Å². The summed E-state index contributed by atoms with van der Waals surface area (Å²) < 4.78 is 0. The number of hydrogen-bond donors (Lipinski definition) is 2.